The molecule has 1 fully saturated rings. The van der Waals surface area contributed by atoms with Crippen molar-refractivity contribution >= 4 is 11.6 Å². The van der Waals surface area contributed by atoms with Crippen LogP contribution in [0.15, 0.2) is 48.5 Å². The first-order chi connectivity index (χ1) is 13.5. The lowest BCUT2D eigenvalue weighted by molar-refractivity contribution is -0.385. The fraction of sp³-hybridized carbons (Fsp3) is 0.409. The van der Waals surface area contributed by atoms with E-state index in [2.05, 4.69) is 23.2 Å². The summed E-state index contributed by atoms with van der Waals surface area (Å²) in [5, 5.41) is 14.0. The van der Waals surface area contributed by atoms with Crippen molar-refractivity contribution < 1.29 is 9.72 Å². The molecule has 0 spiro atoms. The van der Waals surface area contributed by atoms with Crippen LogP contribution in [0.2, 0.25) is 0 Å². The van der Waals surface area contributed by atoms with Crippen molar-refractivity contribution in [2.75, 3.05) is 6.54 Å². The summed E-state index contributed by atoms with van der Waals surface area (Å²) < 4.78 is 0. The number of carbonyl (C=O) groups excluding carboxylic acids is 1. The maximum atomic E-state index is 12.4. The Kier molecular flexibility index (Phi) is 6.76. The van der Waals surface area contributed by atoms with Crippen molar-refractivity contribution in [3.8, 4) is 0 Å². The Labute approximate surface area is 165 Å². The zero-order valence-corrected chi connectivity index (χ0v) is 16.3. The molecule has 1 unspecified atom stereocenters. The van der Waals surface area contributed by atoms with Gasteiger partial charge in [0.2, 0.25) is 5.91 Å². The minimum atomic E-state index is -0.447. The lowest BCUT2D eigenvalue weighted by Gasteiger charge is -2.33. The quantitative estimate of drug-likeness (QED) is 0.584. The van der Waals surface area contributed by atoms with Crippen LogP contribution in [0.4, 0.5) is 5.69 Å². The Bertz CT molecular complexity index is 837. The molecular formula is C22H27N3O3. The monoisotopic (exact) mass is 381 g/mol. The third kappa shape index (κ3) is 5.16. The maximum Gasteiger partial charge on any atom is 0.273 e. The minimum Gasteiger partial charge on any atom is -0.352 e. The van der Waals surface area contributed by atoms with Gasteiger partial charge in [-0.05, 0) is 37.4 Å². The van der Waals surface area contributed by atoms with Gasteiger partial charge in [0.05, 0.1) is 11.3 Å². The van der Waals surface area contributed by atoms with Crippen LogP contribution >= 0.6 is 0 Å². The molecule has 1 N–H and O–H groups in total. The summed E-state index contributed by atoms with van der Waals surface area (Å²) >= 11 is 0. The van der Waals surface area contributed by atoms with E-state index in [-0.39, 0.29) is 18.0 Å². The maximum absolute atomic E-state index is 12.4. The predicted octanol–water partition coefficient (Wildman–Crippen LogP) is 3.83. The van der Waals surface area contributed by atoms with E-state index >= 15 is 0 Å². The Hall–Kier alpha value is -2.73. The van der Waals surface area contributed by atoms with Crippen LogP contribution < -0.4 is 5.32 Å². The zero-order valence-electron chi connectivity index (χ0n) is 16.3. The molecule has 1 heterocycles. The molecule has 0 bridgehead atoms. The summed E-state index contributed by atoms with van der Waals surface area (Å²) in [6.45, 7) is 4.70. The molecule has 1 amide bonds. The highest BCUT2D eigenvalue weighted by molar-refractivity contribution is 5.79. The first-order valence-electron chi connectivity index (χ1n) is 9.84. The number of carbonyl (C=O) groups is 1. The number of likely N-dealkylation sites (tertiary alicyclic amines) is 1. The summed E-state index contributed by atoms with van der Waals surface area (Å²) in [5.41, 5.74) is 2.73. The van der Waals surface area contributed by atoms with Gasteiger partial charge in [0.15, 0.2) is 0 Å². The highest BCUT2D eigenvalue weighted by atomic mass is 16.6. The standard InChI is InChI=1S/C22H27N3O3/c1-17-8-6-7-13-24(17)16-20-11-3-2-10-19(20)15-23-22(26)14-18-9-4-5-12-21(18)25(27)28/h2-5,9-12,17H,6-8,13-16H2,1H3,(H,23,26). The molecule has 6 heteroatoms. The normalized spacial score (nSPS) is 17.2. The average molecular weight is 381 g/mol. The van der Waals surface area contributed by atoms with Gasteiger partial charge in [0.25, 0.3) is 5.69 Å². The largest absolute Gasteiger partial charge is 0.352 e. The third-order valence-corrected chi connectivity index (χ3v) is 5.45. The molecule has 1 atom stereocenters. The van der Waals surface area contributed by atoms with E-state index in [9.17, 15) is 14.9 Å². The molecule has 2 aromatic rings. The zero-order chi connectivity index (χ0) is 19.9. The van der Waals surface area contributed by atoms with Gasteiger partial charge in [-0.25, -0.2) is 0 Å². The van der Waals surface area contributed by atoms with Crippen LogP contribution in [-0.2, 0) is 24.3 Å². The summed E-state index contributed by atoms with van der Waals surface area (Å²) in [5.74, 6) is -0.213. The molecule has 2 aromatic carbocycles. The molecule has 1 aliphatic rings. The molecule has 0 aromatic heterocycles. The number of amides is 1. The van der Waals surface area contributed by atoms with Gasteiger partial charge in [-0.2, -0.15) is 0 Å². The van der Waals surface area contributed by atoms with E-state index in [0.29, 0.717) is 18.2 Å². The molecule has 0 saturated carbocycles. The van der Waals surface area contributed by atoms with E-state index in [1.807, 2.05) is 18.2 Å². The lowest BCUT2D eigenvalue weighted by Crippen LogP contribution is -2.37. The van der Waals surface area contributed by atoms with Crippen LogP contribution in [0.25, 0.3) is 0 Å². The second-order valence-electron chi connectivity index (χ2n) is 7.42. The van der Waals surface area contributed by atoms with Crippen LogP contribution in [0.1, 0.15) is 42.9 Å². The van der Waals surface area contributed by atoms with Crippen molar-refractivity contribution in [2.45, 2.75) is 51.7 Å². The first-order valence-corrected chi connectivity index (χ1v) is 9.84. The molecule has 1 saturated heterocycles. The van der Waals surface area contributed by atoms with E-state index in [1.54, 1.807) is 18.2 Å². The van der Waals surface area contributed by atoms with Crippen molar-refractivity contribution in [1.82, 2.24) is 10.2 Å². The number of hydrogen-bond donors (Lipinski definition) is 1. The van der Waals surface area contributed by atoms with Gasteiger partial charge in [-0.1, -0.05) is 48.9 Å². The second-order valence-corrected chi connectivity index (χ2v) is 7.42. The number of nitrogens with one attached hydrogen (secondary N) is 1. The number of piperidine rings is 1. The fourth-order valence-electron chi connectivity index (χ4n) is 3.76. The number of benzene rings is 2. The second kappa shape index (κ2) is 9.46. The molecule has 6 nitrogen and oxygen atoms in total. The highest BCUT2D eigenvalue weighted by Gasteiger charge is 2.19. The Morgan fingerprint density at radius 3 is 2.50 bits per heavy atom. The van der Waals surface area contributed by atoms with Crippen molar-refractivity contribution in [3.05, 3.63) is 75.3 Å². The van der Waals surface area contributed by atoms with Crippen LogP contribution in [0.3, 0.4) is 0 Å². The number of para-hydroxylation sites is 1. The van der Waals surface area contributed by atoms with Crippen LogP contribution in [0.5, 0.6) is 0 Å². The third-order valence-electron chi connectivity index (χ3n) is 5.45. The van der Waals surface area contributed by atoms with E-state index in [0.717, 1.165) is 18.7 Å². The van der Waals surface area contributed by atoms with Crippen LogP contribution in [-0.4, -0.2) is 28.3 Å². The topological polar surface area (TPSA) is 75.5 Å². The molecule has 148 valence electrons. The molecule has 0 aliphatic carbocycles. The Morgan fingerprint density at radius 1 is 1.11 bits per heavy atom. The molecule has 1 aliphatic heterocycles. The van der Waals surface area contributed by atoms with E-state index in [1.165, 1.54) is 30.9 Å². The lowest BCUT2D eigenvalue weighted by atomic mass is 10.0. The summed E-state index contributed by atoms with van der Waals surface area (Å²) in [6, 6.07) is 15.1. The van der Waals surface area contributed by atoms with E-state index < -0.39 is 4.92 Å². The van der Waals surface area contributed by atoms with Gasteiger partial charge in [-0.3, -0.25) is 19.8 Å². The van der Waals surface area contributed by atoms with Gasteiger partial charge >= 0.3 is 0 Å². The van der Waals surface area contributed by atoms with Gasteiger partial charge in [-0.15, -0.1) is 0 Å². The highest BCUT2D eigenvalue weighted by Crippen LogP contribution is 2.21. The number of nitrogens with zero attached hydrogens (tertiary/aromatic N) is 2. The number of hydrogen-bond acceptors (Lipinski definition) is 4. The fourth-order valence-corrected chi connectivity index (χ4v) is 3.76. The van der Waals surface area contributed by atoms with Gasteiger partial charge < -0.3 is 5.32 Å². The van der Waals surface area contributed by atoms with Gasteiger partial charge in [0.1, 0.15) is 0 Å². The van der Waals surface area contributed by atoms with Gasteiger partial charge in [0, 0.05) is 30.8 Å². The van der Waals surface area contributed by atoms with Crippen LogP contribution in [0, 0.1) is 10.1 Å². The molecular weight excluding hydrogens is 354 g/mol. The molecule has 0 radical (unpaired) electrons. The number of nitro groups is 1. The SMILES string of the molecule is CC1CCCCN1Cc1ccccc1CNC(=O)Cc1ccccc1[N+](=O)[O-]. The Balaban J connectivity index is 1.62. The van der Waals surface area contributed by atoms with Crippen molar-refractivity contribution in [1.29, 1.82) is 0 Å². The number of nitro benzene ring substituents is 1. The van der Waals surface area contributed by atoms with Crippen molar-refractivity contribution in [3.63, 3.8) is 0 Å². The predicted molar refractivity (Wildman–Crippen MR) is 109 cm³/mol. The minimum absolute atomic E-state index is 0.00246. The molecule has 3 rings (SSSR count). The average Bonchev–Trinajstić information content (AvgIpc) is 2.69. The summed E-state index contributed by atoms with van der Waals surface area (Å²) in [4.78, 5) is 25.5. The molecule has 28 heavy (non-hydrogen) atoms. The van der Waals surface area contributed by atoms with Crippen molar-refractivity contribution in [2.24, 2.45) is 0 Å². The number of rotatable bonds is 7. The smallest absolute Gasteiger partial charge is 0.273 e. The first kappa shape index (κ1) is 20.0. The van der Waals surface area contributed by atoms with E-state index in [4.69, 9.17) is 0 Å². The summed E-state index contributed by atoms with van der Waals surface area (Å²) in [7, 11) is 0. The Morgan fingerprint density at radius 2 is 1.79 bits per heavy atom. The summed E-state index contributed by atoms with van der Waals surface area (Å²) in [6.07, 6.45) is 3.76.